The van der Waals surface area contributed by atoms with Gasteiger partial charge in [0.05, 0.1) is 11.4 Å². The minimum Gasteiger partial charge on any atom is -0.487 e. The molecule has 1 aliphatic rings. The first kappa shape index (κ1) is 20.9. The van der Waals surface area contributed by atoms with Crippen molar-refractivity contribution in [2.75, 3.05) is 0 Å². The largest absolute Gasteiger partial charge is 0.487 e. The minimum atomic E-state index is -1.04. The second-order valence-corrected chi connectivity index (χ2v) is 7.94. The molecule has 0 aliphatic carbocycles. The lowest BCUT2D eigenvalue weighted by atomic mass is 9.92. The van der Waals surface area contributed by atoms with Crippen LogP contribution in [0.5, 0.6) is 5.75 Å². The number of hydrogen-bond donors (Lipinski definition) is 1. The Kier molecular flexibility index (Phi) is 6.23. The molecule has 1 atom stereocenters. The molecule has 1 N–H and O–H groups in total. The van der Waals surface area contributed by atoms with E-state index in [-0.39, 0.29) is 25.3 Å². The number of carbonyl (C=O) groups is 2. The standard InChI is InChI=1S/C25H22ClNO4/c26-21-12-11-19-15-27(23(28)13-17-7-3-1-4-8-17)22(25(29)30)14-20(19)24(21)31-16-18-9-5-2-6-10-18/h1-12,22H,13-16H2,(H,29,30)/t22-/m1/s1. The molecular formula is C25H22ClNO4. The fourth-order valence-corrected chi connectivity index (χ4v) is 4.08. The van der Waals surface area contributed by atoms with Crippen LogP contribution < -0.4 is 4.74 Å². The Morgan fingerprint density at radius 2 is 1.61 bits per heavy atom. The lowest BCUT2D eigenvalue weighted by molar-refractivity contribution is -0.151. The van der Waals surface area contributed by atoms with Crippen LogP contribution in [0.25, 0.3) is 0 Å². The number of carboxylic acids is 1. The third kappa shape index (κ3) is 4.72. The third-order valence-corrected chi connectivity index (χ3v) is 5.75. The maximum Gasteiger partial charge on any atom is 0.326 e. The van der Waals surface area contributed by atoms with Crippen LogP contribution in [0.15, 0.2) is 72.8 Å². The molecule has 0 aromatic heterocycles. The zero-order valence-electron chi connectivity index (χ0n) is 16.8. The summed E-state index contributed by atoms with van der Waals surface area (Å²) < 4.78 is 6.01. The molecule has 1 amide bonds. The SMILES string of the molecule is O=C(O)[C@H]1Cc2c(ccc(Cl)c2OCc2ccccc2)CN1C(=O)Cc1ccccc1. The van der Waals surface area contributed by atoms with Crippen LogP contribution in [-0.4, -0.2) is 27.9 Å². The van der Waals surface area contributed by atoms with Gasteiger partial charge in [-0.15, -0.1) is 0 Å². The van der Waals surface area contributed by atoms with Gasteiger partial charge in [0, 0.05) is 18.5 Å². The van der Waals surface area contributed by atoms with Gasteiger partial charge < -0.3 is 14.7 Å². The minimum absolute atomic E-state index is 0.149. The molecule has 31 heavy (non-hydrogen) atoms. The Bertz CT molecular complexity index is 1090. The van der Waals surface area contributed by atoms with Crippen LogP contribution >= 0.6 is 11.6 Å². The molecule has 0 radical (unpaired) electrons. The van der Waals surface area contributed by atoms with Gasteiger partial charge >= 0.3 is 5.97 Å². The normalized spacial score (nSPS) is 15.3. The van der Waals surface area contributed by atoms with E-state index >= 15 is 0 Å². The molecule has 0 saturated carbocycles. The van der Waals surface area contributed by atoms with Crippen molar-refractivity contribution < 1.29 is 19.4 Å². The summed E-state index contributed by atoms with van der Waals surface area (Å²) in [5.74, 6) is -0.767. The second kappa shape index (κ2) is 9.23. The summed E-state index contributed by atoms with van der Waals surface area (Å²) in [5, 5.41) is 10.3. The summed E-state index contributed by atoms with van der Waals surface area (Å²) in [5.41, 5.74) is 3.44. The highest BCUT2D eigenvalue weighted by Gasteiger charge is 2.36. The molecular weight excluding hydrogens is 414 g/mol. The molecule has 5 nitrogen and oxygen atoms in total. The van der Waals surface area contributed by atoms with E-state index in [1.54, 1.807) is 6.07 Å². The number of ether oxygens (including phenoxy) is 1. The summed E-state index contributed by atoms with van der Waals surface area (Å²) >= 11 is 6.41. The Morgan fingerprint density at radius 3 is 2.26 bits per heavy atom. The van der Waals surface area contributed by atoms with Crippen molar-refractivity contribution >= 4 is 23.5 Å². The van der Waals surface area contributed by atoms with Crippen LogP contribution in [0.3, 0.4) is 0 Å². The number of rotatable bonds is 6. The highest BCUT2D eigenvalue weighted by Crippen LogP contribution is 2.37. The number of benzene rings is 3. The van der Waals surface area contributed by atoms with Gasteiger partial charge in [-0.25, -0.2) is 4.79 Å². The van der Waals surface area contributed by atoms with Gasteiger partial charge in [-0.1, -0.05) is 78.3 Å². The van der Waals surface area contributed by atoms with Crippen molar-refractivity contribution in [2.24, 2.45) is 0 Å². The Hall–Kier alpha value is -3.31. The monoisotopic (exact) mass is 435 g/mol. The van der Waals surface area contributed by atoms with E-state index in [4.69, 9.17) is 16.3 Å². The van der Waals surface area contributed by atoms with E-state index < -0.39 is 12.0 Å². The Labute approximate surface area is 185 Å². The smallest absolute Gasteiger partial charge is 0.326 e. The number of carboxylic acid groups (broad SMARTS) is 1. The molecule has 0 spiro atoms. The van der Waals surface area contributed by atoms with E-state index in [9.17, 15) is 14.7 Å². The van der Waals surface area contributed by atoms with Crippen LogP contribution in [0.2, 0.25) is 5.02 Å². The fourth-order valence-electron chi connectivity index (χ4n) is 3.85. The molecule has 1 heterocycles. The highest BCUT2D eigenvalue weighted by molar-refractivity contribution is 6.32. The molecule has 0 unspecified atom stereocenters. The zero-order valence-corrected chi connectivity index (χ0v) is 17.6. The Balaban J connectivity index is 1.60. The van der Waals surface area contributed by atoms with Crippen molar-refractivity contribution in [3.05, 3.63) is 100 Å². The van der Waals surface area contributed by atoms with E-state index in [2.05, 4.69) is 0 Å². The number of aliphatic carboxylic acids is 1. The van der Waals surface area contributed by atoms with Crippen LogP contribution in [-0.2, 0) is 35.6 Å². The van der Waals surface area contributed by atoms with Crippen LogP contribution in [0.4, 0.5) is 0 Å². The van der Waals surface area contributed by atoms with Crippen LogP contribution in [0.1, 0.15) is 22.3 Å². The lowest BCUT2D eigenvalue weighted by Crippen LogP contribution is -2.49. The maximum absolute atomic E-state index is 13.0. The summed E-state index contributed by atoms with van der Waals surface area (Å²) in [7, 11) is 0. The van der Waals surface area contributed by atoms with Gasteiger partial charge in [-0.3, -0.25) is 4.79 Å². The summed E-state index contributed by atoms with van der Waals surface area (Å²) in [4.78, 5) is 26.4. The number of halogens is 1. The summed E-state index contributed by atoms with van der Waals surface area (Å²) in [6.07, 6.45) is 0.306. The van der Waals surface area contributed by atoms with Crippen molar-refractivity contribution in [3.8, 4) is 5.75 Å². The van der Waals surface area contributed by atoms with E-state index in [0.29, 0.717) is 17.4 Å². The fraction of sp³-hybridized carbons (Fsp3) is 0.200. The van der Waals surface area contributed by atoms with Crippen molar-refractivity contribution in [2.45, 2.75) is 32.0 Å². The molecule has 0 saturated heterocycles. The first-order chi connectivity index (χ1) is 15.0. The molecule has 158 valence electrons. The van der Waals surface area contributed by atoms with Gasteiger partial charge in [0.25, 0.3) is 0 Å². The van der Waals surface area contributed by atoms with Crippen molar-refractivity contribution in [3.63, 3.8) is 0 Å². The first-order valence-corrected chi connectivity index (χ1v) is 10.4. The average molecular weight is 436 g/mol. The number of carbonyl (C=O) groups excluding carboxylic acids is 1. The molecule has 0 bridgehead atoms. The molecule has 0 fully saturated rings. The molecule has 1 aliphatic heterocycles. The van der Waals surface area contributed by atoms with Crippen LogP contribution in [0, 0.1) is 0 Å². The third-order valence-electron chi connectivity index (χ3n) is 5.45. The van der Waals surface area contributed by atoms with E-state index in [1.165, 1.54) is 4.90 Å². The molecule has 3 aromatic rings. The topological polar surface area (TPSA) is 66.8 Å². The van der Waals surface area contributed by atoms with E-state index in [1.807, 2.05) is 66.7 Å². The summed E-state index contributed by atoms with van der Waals surface area (Å²) in [6, 6.07) is 21.6. The zero-order chi connectivity index (χ0) is 21.8. The van der Waals surface area contributed by atoms with Gasteiger partial charge in [-0.05, 0) is 22.8 Å². The molecule has 4 rings (SSSR count). The van der Waals surface area contributed by atoms with Gasteiger partial charge in [0.2, 0.25) is 5.91 Å². The average Bonchev–Trinajstić information content (AvgIpc) is 2.79. The number of fused-ring (bicyclic) bond motifs is 1. The predicted octanol–water partition coefficient (Wildman–Crippen LogP) is 4.50. The van der Waals surface area contributed by atoms with E-state index in [0.717, 1.165) is 22.3 Å². The number of amides is 1. The van der Waals surface area contributed by atoms with Gasteiger partial charge in [0.15, 0.2) is 0 Å². The summed E-state index contributed by atoms with van der Waals surface area (Å²) in [6.45, 7) is 0.530. The van der Waals surface area contributed by atoms with Gasteiger partial charge in [-0.2, -0.15) is 0 Å². The second-order valence-electron chi connectivity index (χ2n) is 7.53. The Morgan fingerprint density at radius 1 is 0.968 bits per heavy atom. The maximum atomic E-state index is 13.0. The lowest BCUT2D eigenvalue weighted by Gasteiger charge is -2.35. The van der Waals surface area contributed by atoms with Crippen molar-refractivity contribution in [1.82, 2.24) is 4.90 Å². The highest BCUT2D eigenvalue weighted by atomic mass is 35.5. The van der Waals surface area contributed by atoms with Crippen molar-refractivity contribution in [1.29, 1.82) is 0 Å². The number of hydrogen-bond acceptors (Lipinski definition) is 3. The molecule has 3 aromatic carbocycles. The predicted molar refractivity (Wildman–Crippen MR) is 118 cm³/mol. The number of nitrogens with zero attached hydrogens (tertiary/aromatic N) is 1. The molecule has 6 heteroatoms. The van der Waals surface area contributed by atoms with Gasteiger partial charge in [0.1, 0.15) is 18.4 Å². The quantitative estimate of drug-likeness (QED) is 0.619. The first-order valence-electron chi connectivity index (χ1n) is 10.1.